The molecule has 2 bridgehead atoms. The third kappa shape index (κ3) is 1.40. The fraction of sp³-hybridized carbons (Fsp3) is 0.778. The SMILES string of the molecule is O=C(Cl)[C@@H]1[C@H]2CC[C@@H](C2)[C@@H]1C(=O)Cl. The third-order valence-corrected chi connectivity index (χ3v) is 3.94. The van der Waals surface area contributed by atoms with Crippen molar-refractivity contribution >= 4 is 33.7 Å². The molecule has 0 radical (unpaired) electrons. The molecule has 0 heterocycles. The van der Waals surface area contributed by atoms with Crippen molar-refractivity contribution in [3.8, 4) is 0 Å². The van der Waals surface area contributed by atoms with Crippen molar-refractivity contribution in [3.63, 3.8) is 0 Å². The Bertz CT molecular complexity index is 238. The molecule has 4 atom stereocenters. The molecule has 0 aliphatic heterocycles. The molecule has 2 saturated carbocycles. The first kappa shape index (κ1) is 9.47. The molecule has 0 unspecified atom stereocenters. The maximum Gasteiger partial charge on any atom is 0.225 e. The number of hydrogen-bond acceptors (Lipinski definition) is 2. The highest BCUT2D eigenvalue weighted by atomic mass is 35.5. The Kier molecular flexibility index (Phi) is 2.37. The maximum atomic E-state index is 11.1. The van der Waals surface area contributed by atoms with Gasteiger partial charge >= 0.3 is 0 Å². The van der Waals surface area contributed by atoms with Crippen LogP contribution in [0.3, 0.4) is 0 Å². The van der Waals surface area contributed by atoms with Gasteiger partial charge in [0, 0.05) is 11.8 Å². The lowest BCUT2D eigenvalue weighted by Gasteiger charge is -2.24. The van der Waals surface area contributed by atoms with E-state index < -0.39 is 0 Å². The second-order valence-electron chi connectivity index (χ2n) is 3.99. The van der Waals surface area contributed by atoms with Gasteiger partial charge in [-0.15, -0.1) is 0 Å². The van der Waals surface area contributed by atoms with E-state index in [1.165, 1.54) is 0 Å². The summed E-state index contributed by atoms with van der Waals surface area (Å²) < 4.78 is 0. The van der Waals surface area contributed by atoms with Gasteiger partial charge in [-0.2, -0.15) is 0 Å². The number of rotatable bonds is 2. The molecule has 4 heteroatoms. The minimum atomic E-state index is -0.383. The summed E-state index contributed by atoms with van der Waals surface area (Å²) in [7, 11) is 0. The van der Waals surface area contributed by atoms with Crippen LogP contribution in [-0.4, -0.2) is 10.5 Å². The summed E-state index contributed by atoms with van der Waals surface area (Å²) in [6, 6.07) is 0. The summed E-state index contributed by atoms with van der Waals surface area (Å²) in [6.45, 7) is 0. The highest BCUT2D eigenvalue weighted by molar-refractivity contribution is 6.66. The molecule has 2 fully saturated rings. The van der Waals surface area contributed by atoms with Gasteiger partial charge in [0.05, 0.1) is 0 Å². The van der Waals surface area contributed by atoms with Crippen LogP contribution in [0.4, 0.5) is 0 Å². The van der Waals surface area contributed by atoms with E-state index in [0.29, 0.717) is 11.8 Å². The molecule has 0 aromatic rings. The Morgan fingerprint density at radius 1 is 0.923 bits per heavy atom. The van der Waals surface area contributed by atoms with Crippen molar-refractivity contribution in [3.05, 3.63) is 0 Å². The second-order valence-corrected chi connectivity index (χ2v) is 4.74. The molecule has 2 rings (SSSR count). The van der Waals surface area contributed by atoms with E-state index in [1.54, 1.807) is 0 Å². The van der Waals surface area contributed by atoms with Gasteiger partial charge in [0.2, 0.25) is 10.5 Å². The smallest absolute Gasteiger partial charge is 0.225 e. The molecule has 0 aromatic carbocycles. The zero-order chi connectivity index (χ0) is 9.59. The van der Waals surface area contributed by atoms with Crippen LogP contribution in [0.5, 0.6) is 0 Å². The minimum Gasteiger partial charge on any atom is -0.281 e. The van der Waals surface area contributed by atoms with Gasteiger partial charge < -0.3 is 0 Å². The summed E-state index contributed by atoms with van der Waals surface area (Å²) in [5, 5.41) is -0.766. The van der Waals surface area contributed by atoms with E-state index >= 15 is 0 Å². The summed E-state index contributed by atoms with van der Waals surface area (Å²) in [6.07, 6.45) is 3.00. The van der Waals surface area contributed by atoms with Gasteiger partial charge in [-0.25, -0.2) is 0 Å². The van der Waals surface area contributed by atoms with Crippen molar-refractivity contribution < 1.29 is 9.59 Å². The first-order valence-electron chi connectivity index (χ1n) is 4.50. The highest BCUT2D eigenvalue weighted by Crippen LogP contribution is 2.53. The number of carbonyl (C=O) groups is 2. The van der Waals surface area contributed by atoms with Crippen LogP contribution in [0.15, 0.2) is 0 Å². The van der Waals surface area contributed by atoms with Crippen LogP contribution in [0.2, 0.25) is 0 Å². The molecule has 0 spiro atoms. The monoisotopic (exact) mass is 220 g/mol. The van der Waals surface area contributed by atoms with E-state index in [4.69, 9.17) is 23.2 Å². The average Bonchev–Trinajstić information content (AvgIpc) is 2.60. The third-order valence-electron chi connectivity index (χ3n) is 3.44. The fourth-order valence-corrected chi connectivity index (χ4v) is 3.57. The lowest BCUT2D eigenvalue weighted by molar-refractivity contribution is -0.125. The van der Waals surface area contributed by atoms with Crippen molar-refractivity contribution in [2.24, 2.45) is 23.7 Å². The topological polar surface area (TPSA) is 34.1 Å². The van der Waals surface area contributed by atoms with Crippen molar-refractivity contribution in [1.82, 2.24) is 0 Å². The number of carbonyl (C=O) groups excluding carboxylic acids is 2. The van der Waals surface area contributed by atoms with Crippen molar-refractivity contribution in [2.45, 2.75) is 19.3 Å². The predicted octanol–water partition coefficient (Wildman–Crippen LogP) is 2.18. The van der Waals surface area contributed by atoms with Gasteiger partial charge in [-0.05, 0) is 54.3 Å². The summed E-state index contributed by atoms with van der Waals surface area (Å²) >= 11 is 10.9. The van der Waals surface area contributed by atoms with E-state index in [-0.39, 0.29) is 22.3 Å². The molecule has 0 aromatic heterocycles. The first-order valence-corrected chi connectivity index (χ1v) is 5.25. The van der Waals surface area contributed by atoms with Gasteiger partial charge in [0.1, 0.15) is 0 Å². The Hall–Kier alpha value is -0.0800. The fourth-order valence-electron chi connectivity index (χ4n) is 2.94. The predicted molar refractivity (Wildman–Crippen MR) is 49.5 cm³/mol. The number of hydrogen-bond donors (Lipinski definition) is 0. The first-order chi connectivity index (χ1) is 6.11. The van der Waals surface area contributed by atoms with Crippen molar-refractivity contribution in [1.29, 1.82) is 0 Å². The van der Waals surface area contributed by atoms with Crippen molar-refractivity contribution in [2.75, 3.05) is 0 Å². The van der Waals surface area contributed by atoms with E-state index in [0.717, 1.165) is 19.3 Å². The Morgan fingerprint density at radius 2 is 1.31 bits per heavy atom. The summed E-state index contributed by atoms with van der Waals surface area (Å²) in [5.74, 6) is 0.0150. The van der Waals surface area contributed by atoms with E-state index in [1.807, 2.05) is 0 Å². The molecule has 2 nitrogen and oxygen atoms in total. The van der Waals surface area contributed by atoms with Gasteiger partial charge in [-0.1, -0.05) is 0 Å². The maximum absolute atomic E-state index is 11.1. The zero-order valence-corrected chi connectivity index (χ0v) is 8.52. The summed E-state index contributed by atoms with van der Waals surface area (Å²) in [4.78, 5) is 22.2. The van der Waals surface area contributed by atoms with Crippen LogP contribution in [0.1, 0.15) is 19.3 Å². The second kappa shape index (κ2) is 3.25. The van der Waals surface area contributed by atoms with Crippen LogP contribution >= 0.6 is 23.2 Å². The average molecular weight is 221 g/mol. The van der Waals surface area contributed by atoms with Gasteiger partial charge in [0.25, 0.3) is 0 Å². The molecule has 0 saturated heterocycles. The van der Waals surface area contributed by atoms with Gasteiger partial charge in [0.15, 0.2) is 0 Å². The molecule has 0 amide bonds. The molecule has 72 valence electrons. The molecule has 0 N–H and O–H groups in total. The molecular formula is C9H10Cl2O2. The van der Waals surface area contributed by atoms with Crippen LogP contribution < -0.4 is 0 Å². The number of halogens is 2. The minimum absolute atomic E-state index is 0.301. The Balaban J connectivity index is 2.24. The lowest BCUT2D eigenvalue weighted by atomic mass is 9.81. The van der Waals surface area contributed by atoms with Gasteiger partial charge in [-0.3, -0.25) is 9.59 Å². The molecule has 2 aliphatic rings. The zero-order valence-electron chi connectivity index (χ0n) is 7.00. The lowest BCUT2D eigenvalue weighted by Crippen LogP contribution is -2.30. The molecule has 2 aliphatic carbocycles. The summed E-state index contributed by atoms with van der Waals surface area (Å²) in [5.41, 5.74) is 0. The van der Waals surface area contributed by atoms with Crippen LogP contribution in [0.25, 0.3) is 0 Å². The molecule has 13 heavy (non-hydrogen) atoms. The van der Waals surface area contributed by atoms with Crippen LogP contribution in [-0.2, 0) is 9.59 Å². The standard InChI is InChI=1S/C9H10Cl2O2/c10-8(12)6-4-1-2-5(3-4)7(6)9(11)13/h4-7H,1-3H2/t4-,5-,6-,7+/m0/s1. The highest BCUT2D eigenvalue weighted by Gasteiger charge is 2.52. The normalized spacial score (nSPS) is 42.3. The largest absolute Gasteiger partial charge is 0.281 e. The quantitative estimate of drug-likeness (QED) is 0.669. The van der Waals surface area contributed by atoms with Crippen LogP contribution in [0, 0.1) is 23.7 Å². The number of fused-ring (bicyclic) bond motifs is 2. The van der Waals surface area contributed by atoms with E-state index in [2.05, 4.69) is 0 Å². The Morgan fingerprint density at radius 3 is 1.62 bits per heavy atom. The Labute approximate surface area is 86.6 Å². The molecular weight excluding hydrogens is 211 g/mol. The van der Waals surface area contributed by atoms with E-state index in [9.17, 15) is 9.59 Å².